The molecule has 0 saturated carbocycles. The molecule has 0 aromatic heterocycles. The van der Waals surface area contributed by atoms with Crippen molar-refractivity contribution in [3.63, 3.8) is 0 Å². The largest absolute Gasteiger partial charge is 0.299 e. The highest BCUT2D eigenvalue weighted by atomic mass is 16.1. The lowest BCUT2D eigenvalue weighted by Gasteiger charge is -2.23. The van der Waals surface area contributed by atoms with Gasteiger partial charge in [0.2, 0.25) is 0 Å². The van der Waals surface area contributed by atoms with Crippen LogP contribution in [-0.4, -0.2) is 5.78 Å². The summed E-state index contributed by atoms with van der Waals surface area (Å²) in [7, 11) is 0. The second kappa shape index (κ2) is 35.2. The zero-order valence-corrected chi connectivity index (χ0v) is 30.1. The molecule has 0 aliphatic rings. The minimum absolute atomic E-state index is 0.351. The van der Waals surface area contributed by atoms with Crippen LogP contribution < -0.4 is 0 Å². The molecule has 0 spiro atoms. The predicted octanol–water partition coefficient (Wildman–Crippen LogP) is 15.1. The van der Waals surface area contributed by atoms with E-state index in [1.807, 2.05) is 0 Å². The summed E-state index contributed by atoms with van der Waals surface area (Å²) in [6.07, 6.45) is 45.7. The van der Waals surface area contributed by atoms with Crippen LogP contribution in [0.2, 0.25) is 0 Å². The molecule has 2 atom stereocenters. The zero-order valence-electron chi connectivity index (χ0n) is 30.1. The monoisotopic (exact) mass is 591 g/mol. The van der Waals surface area contributed by atoms with Gasteiger partial charge in [0, 0.05) is 11.8 Å². The second-order valence-corrected chi connectivity index (χ2v) is 14.1. The summed E-state index contributed by atoms with van der Waals surface area (Å²) < 4.78 is 0. The van der Waals surface area contributed by atoms with Crippen LogP contribution in [0.3, 0.4) is 0 Å². The molecule has 0 heterocycles. The normalized spacial score (nSPS) is 13.0. The molecule has 1 nitrogen and oxygen atoms in total. The van der Waals surface area contributed by atoms with Crippen LogP contribution in [0.4, 0.5) is 0 Å². The summed E-state index contributed by atoms with van der Waals surface area (Å²) in [5.74, 6) is 1.38. The van der Waals surface area contributed by atoms with Crippen LogP contribution >= 0.6 is 0 Å². The van der Waals surface area contributed by atoms with Gasteiger partial charge < -0.3 is 0 Å². The Morgan fingerprint density at radius 2 is 0.452 bits per heavy atom. The average molecular weight is 591 g/mol. The van der Waals surface area contributed by atoms with Gasteiger partial charge >= 0.3 is 0 Å². The third-order valence-electron chi connectivity index (χ3n) is 9.93. The van der Waals surface area contributed by atoms with Gasteiger partial charge in [-0.15, -0.1) is 0 Å². The first-order chi connectivity index (χ1) is 20.7. The van der Waals surface area contributed by atoms with Crippen LogP contribution in [-0.2, 0) is 4.79 Å². The second-order valence-electron chi connectivity index (χ2n) is 14.1. The van der Waals surface area contributed by atoms with E-state index >= 15 is 0 Å². The lowest BCUT2D eigenvalue weighted by atomic mass is 9.80. The standard InChI is InChI=1S/C41H82O/c1-5-9-13-17-19-21-23-25-27-29-33-37-39(35-31-15-11-7-3)41(42)40(36-32-16-12-8-4)38-34-30-28-26-24-22-20-18-14-10-6-2/h39-40H,5-38H2,1-4H3. The fourth-order valence-corrected chi connectivity index (χ4v) is 6.94. The highest BCUT2D eigenvalue weighted by Crippen LogP contribution is 2.28. The summed E-state index contributed by atoms with van der Waals surface area (Å²) in [6.45, 7) is 9.20. The van der Waals surface area contributed by atoms with Crippen molar-refractivity contribution in [1.82, 2.24) is 0 Å². The molecule has 0 rings (SSSR count). The van der Waals surface area contributed by atoms with Gasteiger partial charge in [-0.3, -0.25) is 4.79 Å². The minimum Gasteiger partial charge on any atom is -0.299 e. The van der Waals surface area contributed by atoms with E-state index in [4.69, 9.17) is 0 Å². The van der Waals surface area contributed by atoms with Crippen molar-refractivity contribution in [2.45, 2.75) is 246 Å². The van der Waals surface area contributed by atoms with Gasteiger partial charge in [-0.2, -0.15) is 0 Å². The number of rotatable bonds is 36. The van der Waals surface area contributed by atoms with E-state index in [0.717, 1.165) is 0 Å². The number of unbranched alkanes of at least 4 members (excludes halogenated alkanes) is 26. The van der Waals surface area contributed by atoms with Crippen molar-refractivity contribution < 1.29 is 4.79 Å². The summed E-state index contributed by atoms with van der Waals surface area (Å²) in [5.41, 5.74) is 0. The molecular weight excluding hydrogens is 508 g/mol. The lowest BCUT2D eigenvalue weighted by Crippen LogP contribution is -2.24. The molecule has 2 unspecified atom stereocenters. The molecular formula is C41H82O. The average Bonchev–Trinajstić information content (AvgIpc) is 3.00. The van der Waals surface area contributed by atoms with Crippen molar-refractivity contribution in [3.8, 4) is 0 Å². The van der Waals surface area contributed by atoms with Crippen molar-refractivity contribution in [2.75, 3.05) is 0 Å². The van der Waals surface area contributed by atoms with Crippen LogP contribution in [0, 0.1) is 11.8 Å². The summed E-state index contributed by atoms with van der Waals surface area (Å²) >= 11 is 0. The Bertz CT molecular complexity index is 467. The van der Waals surface area contributed by atoms with E-state index < -0.39 is 0 Å². The molecule has 42 heavy (non-hydrogen) atoms. The Labute approximate surface area is 267 Å². The molecule has 0 N–H and O–H groups in total. The van der Waals surface area contributed by atoms with E-state index in [2.05, 4.69) is 27.7 Å². The molecule has 0 saturated heterocycles. The quantitative estimate of drug-likeness (QED) is 0.0663. The fraction of sp³-hybridized carbons (Fsp3) is 0.976. The molecule has 0 aromatic carbocycles. The molecule has 0 aliphatic carbocycles. The number of hydrogen-bond donors (Lipinski definition) is 0. The summed E-state index contributed by atoms with van der Waals surface area (Å²) in [5, 5.41) is 0. The van der Waals surface area contributed by atoms with Crippen LogP contribution in [0.25, 0.3) is 0 Å². The third-order valence-corrected chi connectivity index (χ3v) is 9.93. The molecule has 0 fully saturated rings. The maximum absolute atomic E-state index is 14.0. The maximum atomic E-state index is 14.0. The van der Waals surface area contributed by atoms with Crippen LogP contribution in [0.5, 0.6) is 0 Å². The van der Waals surface area contributed by atoms with E-state index in [1.165, 1.54) is 218 Å². The van der Waals surface area contributed by atoms with Gasteiger partial charge in [0.05, 0.1) is 0 Å². The van der Waals surface area contributed by atoms with E-state index in [0.29, 0.717) is 17.6 Å². The van der Waals surface area contributed by atoms with Crippen LogP contribution in [0.1, 0.15) is 246 Å². The smallest absolute Gasteiger partial charge is 0.139 e. The van der Waals surface area contributed by atoms with Gasteiger partial charge in [0.25, 0.3) is 0 Å². The van der Waals surface area contributed by atoms with E-state index in [9.17, 15) is 4.79 Å². The van der Waals surface area contributed by atoms with Crippen molar-refractivity contribution >= 4 is 5.78 Å². The van der Waals surface area contributed by atoms with Crippen molar-refractivity contribution in [1.29, 1.82) is 0 Å². The van der Waals surface area contributed by atoms with E-state index in [1.54, 1.807) is 0 Å². The first kappa shape index (κ1) is 41.7. The molecule has 252 valence electrons. The first-order valence-electron chi connectivity index (χ1n) is 20.2. The first-order valence-corrected chi connectivity index (χ1v) is 20.2. The number of carbonyl (C=O) groups excluding carboxylic acids is 1. The Hall–Kier alpha value is -0.330. The lowest BCUT2D eigenvalue weighted by molar-refractivity contribution is -0.128. The SMILES string of the molecule is CCCCCCCCCCCCCC(CCCCCC)C(=O)C(CCCCCC)CCCCCCCCCCCCC. The summed E-state index contributed by atoms with van der Waals surface area (Å²) in [4.78, 5) is 14.0. The Kier molecular flexibility index (Phi) is 34.9. The fourth-order valence-electron chi connectivity index (χ4n) is 6.94. The van der Waals surface area contributed by atoms with Crippen molar-refractivity contribution in [3.05, 3.63) is 0 Å². The summed E-state index contributed by atoms with van der Waals surface area (Å²) in [6, 6.07) is 0. The van der Waals surface area contributed by atoms with Gasteiger partial charge in [0.1, 0.15) is 5.78 Å². The molecule has 0 bridgehead atoms. The number of carbonyl (C=O) groups is 1. The van der Waals surface area contributed by atoms with Gasteiger partial charge in [-0.25, -0.2) is 0 Å². The number of Topliss-reactive ketones (excluding diaryl/α,β-unsaturated/α-hetero) is 1. The zero-order chi connectivity index (χ0) is 30.8. The number of hydrogen-bond acceptors (Lipinski definition) is 1. The Morgan fingerprint density at radius 1 is 0.286 bits per heavy atom. The van der Waals surface area contributed by atoms with Crippen molar-refractivity contribution in [2.24, 2.45) is 11.8 Å². The van der Waals surface area contributed by atoms with Gasteiger partial charge in [-0.1, -0.05) is 220 Å². The number of ketones is 1. The Morgan fingerprint density at radius 3 is 0.667 bits per heavy atom. The van der Waals surface area contributed by atoms with Gasteiger partial charge in [0.15, 0.2) is 0 Å². The highest BCUT2D eigenvalue weighted by molar-refractivity contribution is 5.83. The molecule has 0 aliphatic heterocycles. The maximum Gasteiger partial charge on any atom is 0.139 e. The predicted molar refractivity (Wildman–Crippen MR) is 192 cm³/mol. The minimum atomic E-state index is 0.351. The molecule has 1 heteroatoms. The van der Waals surface area contributed by atoms with Gasteiger partial charge in [-0.05, 0) is 25.7 Å². The third kappa shape index (κ3) is 28.4. The molecule has 0 aromatic rings. The molecule has 0 amide bonds. The highest BCUT2D eigenvalue weighted by Gasteiger charge is 2.25. The topological polar surface area (TPSA) is 17.1 Å². The molecule has 0 radical (unpaired) electrons. The van der Waals surface area contributed by atoms with E-state index in [-0.39, 0.29) is 0 Å². The Balaban J connectivity index is 4.54. The van der Waals surface area contributed by atoms with Crippen LogP contribution in [0.15, 0.2) is 0 Å².